The number of aryl methyl sites for hydroxylation is 2. The maximum atomic E-state index is 4.53. The molecule has 1 aliphatic carbocycles. The molecule has 0 N–H and O–H groups in total. The summed E-state index contributed by atoms with van der Waals surface area (Å²) >= 11 is 0. The van der Waals surface area contributed by atoms with Crippen LogP contribution in [0.3, 0.4) is 0 Å². The SMILES string of the molecule is CC.Cc1ccc(C)c(C2CC2)n1. The maximum Gasteiger partial charge on any atom is 0.0466 e. The van der Waals surface area contributed by atoms with Crippen LogP contribution in [-0.4, -0.2) is 4.98 Å². The first kappa shape index (κ1) is 10.2. The lowest BCUT2D eigenvalue weighted by molar-refractivity contribution is 0.970. The van der Waals surface area contributed by atoms with Crippen LogP contribution in [0.25, 0.3) is 0 Å². The van der Waals surface area contributed by atoms with Gasteiger partial charge in [-0.3, -0.25) is 4.98 Å². The van der Waals surface area contributed by atoms with Gasteiger partial charge in [-0.25, -0.2) is 0 Å². The highest BCUT2D eigenvalue weighted by Gasteiger charge is 2.26. The molecule has 0 atom stereocenters. The summed E-state index contributed by atoms with van der Waals surface area (Å²) in [5.74, 6) is 0.787. The summed E-state index contributed by atoms with van der Waals surface area (Å²) in [5, 5.41) is 0. The Labute approximate surface area is 81.2 Å². The highest BCUT2D eigenvalue weighted by atomic mass is 14.7. The van der Waals surface area contributed by atoms with E-state index in [1.807, 2.05) is 13.8 Å². The number of hydrogen-bond acceptors (Lipinski definition) is 1. The van der Waals surface area contributed by atoms with Gasteiger partial charge in [0.1, 0.15) is 0 Å². The molecule has 1 nitrogen and oxygen atoms in total. The van der Waals surface area contributed by atoms with Crippen molar-refractivity contribution in [3.05, 3.63) is 29.1 Å². The second kappa shape index (κ2) is 4.40. The molecule has 0 spiro atoms. The molecule has 1 aromatic rings. The number of pyridine rings is 1. The standard InChI is InChI=1S/C10H13N.C2H6/c1-7-3-4-8(2)11-10(7)9-5-6-9;1-2/h3-4,9H,5-6H2,1-2H3;1-2H3. The van der Waals surface area contributed by atoms with E-state index in [2.05, 4.69) is 31.0 Å². The molecule has 13 heavy (non-hydrogen) atoms. The minimum atomic E-state index is 0.787. The summed E-state index contributed by atoms with van der Waals surface area (Å²) in [6.45, 7) is 8.21. The fourth-order valence-electron chi connectivity index (χ4n) is 1.42. The molecule has 0 aromatic carbocycles. The van der Waals surface area contributed by atoms with Gasteiger partial charge >= 0.3 is 0 Å². The van der Waals surface area contributed by atoms with E-state index < -0.39 is 0 Å². The summed E-state index contributed by atoms with van der Waals surface area (Å²) in [7, 11) is 0. The molecular weight excluding hydrogens is 158 g/mol. The predicted molar refractivity (Wildman–Crippen MR) is 57.0 cm³/mol. The molecule has 1 fully saturated rings. The fraction of sp³-hybridized carbons (Fsp3) is 0.583. The topological polar surface area (TPSA) is 12.9 Å². The highest BCUT2D eigenvalue weighted by molar-refractivity contribution is 5.27. The van der Waals surface area contributed by atoms with E-state index in [4.69, 9.17) is 0 Å². The Morgan fingerprint density at radius 1 is 1.15 bits per heavy atom. The molecule has 0 radical (unpaired) electrons. The van der Waals surface area contributed by atoms with Crippen molar-refractivity contribution < 1.29 is 0 Å². The van der Waals surface area contributed by atoms with Crippen molar-refractivity contribution in [2.75, 3.05) is 0 Å². The van der Waals surface area contributed by atoms with E-state index in [1.54, 1.807) is 0 Å². The molecule has 2 rings (SSSR count). The molecule has 1 aromatic heterocycles. The summed E-state index contributed by atoms with van der Waals surface area (Å²) in [4.78, 5) is 4.53. The number of aromatic nitrogens is 1. The molecule has 1 aliphatic rings. The van der Waals surface area contributed by atoms with Gasteiger partial charge in [-0.2, -0.15) is 0 Å². The summed E-state index contributed by atoms with van der Waals surface area (Å²) < 4.78 is 0. The molecule has 0 aliphatic heterocycles. The van der Waals surface area contributed by atoms with E-state index in [9.17, 15) is 0 Å². The lowest BCUT2D eigenvalue weighted by Crippen LogP contribution is -1.92. The Balaban J connectivity index is 0.000000396. The monoisotopic (exact) mass is 177 g/mol. The molecule has 0 bridgehead atoms. The quantitative estimate of drug-likeness (QED) is 0.638. The second-order valence-electron chi connectivity index (χ2n) is 3.43. The fourth-order valence-corrected chi connectivity index (χ4v) is 1.42. The van der Waals surface area contributed by atoms with Gasteiger partial charge in [-0.15, -0.1) is 0 Å². The van der Waals surface area contributed by atoms with Gasteiger partial charge in [-0.1, -0.05) is 19.9 Å². The Morgan fingerprint density at radius 2 is 1.77 bits per heavy atom. The molecule has 1 saturated carbocycles. The second-order valence-corrected chi connectivity index (χ2v) is 3.43. The van der Waals surface area contributed by atoms with Crippen molar-refractivity contribution in [1.82, 2.24) is 4.98 Å². The van der Waals surface area contributed by atoms with Crippen LogP contribution in [0.2, 0.25) is 0 Å². The minimum Gasteiger partial charge on any atom is -0.258 e. The van der Waals surface area contributed by atoms with Gasteiger partial charge in [0.25, 0.3) is 0 Å². The Hall–Kier alpha value is -0.850. The molecule has 1 heterocycles. The van der Waals surface area contributed by atoms with Gasteiger partial charge < -0.3 is 0 Å². The van der Waals surface area contributed by atoms with Crippen LogP contribution in [0.5, 0.6) is 0 Å². The number of rotatable bonds is 1. The van der Waals surface area contributed by atoms with Gasteiger partial charge in [0.2, 0.25) is 0 Å². The molecule has 0 unspecified atom stereocenters. The third-order valence-electron chi connectivity index (χ3n) is 2.24. The average Bonchev–Trinajstić information content (AvgIpc) is 2.96. The first-order valence-electron chi connectivity index (χ1n) is 5.21. The Morgan fingerprint density at radius 3 is 2.31 bits per heavy atom. The summed E-state index contributed by atoms with van der Waals surface area (Å²) in [6.07, 6.45) is 2.69. The zero-order valence-electron chi connectivity index (χ0n) is 9.09. The van der Waals surface area contributed by atoms with Crippen molar-refractivity contribution in [3.8, 4) is 0 Å². The molecule has 1 heteroatoms. The third-order valence-corrected chi connectivity index (χ3v) is 2.24. The summed E-state index contributed by atoms with van der Waals surface area (Å²) in [6, 6.07) is 4.26. The van der Waals surface area contributed by atoms with Crippen molar-refractivity contribution in [1.29, 1.82) is 0 Å². The van der Waals surface area contributed by atoms with Crippen molar-refractivity contribution in [2.24, 2.45) is 0 Å². The number of nitrogens with zero attached hydrogens (tertiary/aromatic N) is 1. The molecule has 72 valence electrons. The lowest BCUT2D eigenvalue weighted by Gasteiger charge is -2.02. The van der Waals surface area contributed by atoms with Crippen LogP contribution < -0.4 is 0 Å². The first-order valence-corrected chi connectivity index (χ1v) is 5.21. The normalized spacial score (nSPS) is 14.8. The summed E-state index contributed by atoms with van der Waals surface area (Å²) in [5.41, 5.74) is 3.85. The lowest BCUT2D eigenvalue weighted by atomic mass is 10.1. The van der Waals surface area contributed by atoms with Crippen molar-refractivity contribution >= 4 is 0 Å². The smallest absolute Gasteiger partial charge is 0.0466 e. The highest BCUT2D eigenvalue weighted by Crippen LogP contribution is 2.40. The molecule has 0 saturated heterocycles. The van der Waals surface area contributed by atoms with E-state index >= 15 is 0 Å². The third kappa shape index (κ3) is 2.55. The Kier molecular flexibility index (Phi) is 3.47. The van der Waals surface area contributed by atoms with Crippen LogP contribution in [0.4, 0.5) is 0 Å². The van der Waals surface area contributed by atoms with Crippen LogP contribution in [0.1, 0.15) is 49.6 Å². The Bertz CT molecular complexity index is 274. The largest absolute Gasteiger partial charge is 0.258 e. The van der Waals surface area contributed by atoms with Gasteiger partial charge in [0.05, 0.1) is 0 Å². The van der Waals surface area contributed by atoms with Crippen LogP contribution in [0.15, 0.2) is 12.1 Å². The number of hydrogen-bond donors (Lipinski definition) is 0. The van der Waals surface area contributed by atoms with E-state index in [1.165, 1.54) is 24.1 Å². The van der Waals surface area contributed by atoms with Crippen molar-refractivity contribution in [2.45, 2.75) is 46.5 Å². The van der Waals surface area contributed by atoms with Crippen LogP contribution in [-0.2, 0) is 0 Å². The van der Waals surface area contributed by atoms with E-state index in [0.29, 0.717) is 0 Å². The van der Waals surface area contributed by atoms with Gasteiger partial charge in [0.15, 0.2) is 0 Å². The predicted octanol–water partition coefficient (Wildman–Crippen LogP) is 3.60. The van der Waals surface area contributed by atoms with Gasteiger partial charge in [0, 0.05) is 17.3 Å². The van der Waals surface area contributed by atoms with Crippen LogP contribution >= 0.6 is 0 Å². The van der Waals surface area contributed by atoms with Crippen molar-refractivity contribution in [3.63, 3.8) is 0 Å². The average molecular weight is 177 g/mol. The van der Waals surface area contributed by atoms with Crippen LogP contribution in [0, 0.1) is 13.8 Å². The maximum absolute atomic E-state index is 4.53. The van der Waals surface area contributed by atoms with E-state index in [-0.39, 0.29) is 0 Å². The zero-order chi connectivity index (χ0) is 9.84. The van der Waals surface area contributed by atoms with E-state index in [0.717, 1.165) is 11.6 Å². The molecular formula is C12H19N. The minimum absolute atomic E-state index is 0.787. The van der Waals surface area contributed by atoms with Gasteiger partial charge in [-0.05, 0) is 38.3 Å². The molecule has 0 amide bonds. The first-order chi connectivity index (χ1) is 6.27. The zero-order valence-corrected chi connectivity index (χ0v) is 9.09.